The number of likely N-dealkylation sites (tertiary alicyclic amines) is 1. The summed E-state index contributed by atoms with van der Waals surface area (Å²) in [5.74, 6) is -0.775. The van der Waals surface area contributed by atoms with E-state index < -0.39 is 5.97 Å². The largest absolute Gasteiger partial charge is 0.480 e. The minimum absolute atomic E-state index is 0.105. The molecule has 1 fully saturated rings. The predicted octanol–water partition coefficient (Wildman–Crippen LogP) is 5.38. The molecule has 8 nitrogen and oxygen atoms in total. The highest BCUT2D eigenvalue weighted by molar-refractivity contribution is 7.13. The Hall–Kier alpha value is -3.43. The van der Waals surface area contributed by atoms with Crippen LogP contribution in [-0.4, -0.2) is 52.7 Å². The fourth-order valence-corrected chi connectivity index (χ4v) is 5.30. The van der Waals surface area contributed by atoms with Gasteiger partial charge in [-0.3, -0.25) is 9.69 Å². The van der Waals surface area contributed by atoms with Gasteiger partial charge >= 0.3 is 12.0 Å². The number of hydrogen-bond donors (Lipinski definition) is 4. The number of piperidine rings is 1. The van der Waals surface area contributed by atoms with Crippen LogP contribution < -0.4 is 16.0 Å². The van der Waals surface area contributed by atoms with Crippen molar-refractivity contribution in [2.45, 2.75) is 45.1 Å². The van der Waals surface area contributed by atoms with Gasteiger partial charge in [-0.05, 0) is 49.1 Å². The number of hydrogen-bond acceptors (Lipinski definition) is 6. The standard InChI is InChI=1S/C27H33N5O3S/c1-18-6-4-5-7-22(18)30-25(35)28-20-10-8-19(9-11-20)27(2,3)23-17-36-26(31-23)29-21-12-14-32(15-13-21)16-24(33)34/h4-11,17,21H,12-16H2,1-3H3,(H,29,31)(H,33,34)(H2,28,30,35). The lowest BCUT2D eigenvalue weighted by Crippen LogP contribution is -2.41. The Morgan fingerprint density at radius 3 is 2.44 bits per heavy atom. The molecule has 0 aliphatic carbocycles. The van der Waals surface area contributed by atoms with Crippen LogP contribution >= 0.6 is 11.3 Å². The van der Waals surface area contributed by atoms with Crippen LogP contribution in [-0.2, 0) is 10.2 Å². The van der Waals surface area contributed by atoms with Crippen molar-refractivity contribution in [1.29, 1.82) is 0 Å². The summed E-state index contributed by atoms with van der Waals surface area (Å²) in [5.41, 5.74) is 4.29. The normalized spacial score (nSPS) is 14.9. The second-order valence-corrected chi connectivity index (χ2v) is 10.6. The zero-order chi connectivity index (χ0) is 25.7. The Morgan fingerprint density at radius 1 is 1.08 bits per heavy atom. The monoisotopic (exact) mass is 507 g/mol. The summed E-state index contributed by atoms with van der Waals surface area (Å²) in [6, 6.07) is 15.5. The highest BCUT2D eigenvalue weighted by atomic mass is 32.1. The van der Waals surface area contributed by atoms with Gasteiger partial charge < -0.3 is 21.1 Å². The lowest BCUT2D eigenvalue weighted by Gasteiger charge is -2.31. The Bertz CT molecular complexity index is 1200. The molecule has 4 N–H and O–H groups in total. The molecule has 190 valence electrons. The van der Waals surface area contributed by atoms with E-state index in [0.717, 1.165) is 59.3 Å². The number of para-hydroxylation sites is 1. The third-order valence-corrected chi connectivity index (χ3v) is 7.45. The van der Waals surface area contributed by atoms with E-state index in [4.69, 9.17) is 10.1 Å². The number of carboxylic acid groups (broad SMARTS) is 1. The third-order valence-electron chi connectivity index (χ3n) is 6.68. The summed E-state index contributed by atoms with van der Waals surface area (Å²) in [6.07, 6.45) is 1.80. The number of aryl methyl sites for hydroxylation is 1. The van der Waals surface area contributed by atoms with Crippen molar-refractivity contribution >= 4 is 39.8 Å². The van der Waals surface area contributed by atoms with Crippen LogP contribution in [0.4, 0.5) is 21.3 Å². The maximum atomic E-state index is 12.4. The number of rotatable bonds is 8. The van der Waals surface area contributed by atoms with Gasteiger partial charge in [0.1, 0.15) is 0 Å². The van der Waals surface area contributed by atoms with Gasteiger partial charge in [-0.15, -0.1) is 11.3 Å². The van der Waals surface area contributed by atoms with Gasteiger partial charge in [0.15, 0.2) is 5.13 Å². The van der Waals surface area contributed by atoms with Crippen molar-refractivity contribution in [1.82, 2.24) is 9.88 Å². The number of carbonyl (C=O) groups is 2. The zero-order valence-electron chi connectivity index (χ0n) is 20.9. The van der Waals surface area contributed by atoms with Crippen LogP contribution in [0.5, 0.6) is 0 Å². The van der Waals surface area contributed by atoms with E-state index in [9.17, 15) is 9.59 Å². The number of anilines is 3. The summed E-state index contributed by atoms with van der Waals surface area (Å²) in [7, 11) is 0. The highest BCUT2D eigenvalue weighted by Gasteiger charge is 2.27. The van der Waals surface area contributed by atoms with Crippen LogP contribution in [0.1, 0.15) is 43.5 Å². The summed E-state index contributed by atoms with van der Waals surface area (Å²) in [5, 5.41) is 21.3. The fourth-order valence-electron chi connectivity index (χ4n) is 4.34. The van der Waals surface area contributed by atoms with Crippen LogP contribution in [0.25, 0.3) is 0 Å². The number of aromatic nitrogens is 1. The van der Waals surface area contributed by atoms with Crippen molar-refractivity contribution < 1.29 is 14.7 Å². The lowest BCUT2D eigenvalue weighted by atomic mass is 9.82. The van der Waals surface area contributed by atoms with Crippen molar-refractivity contribution in [2.24, 2.45) is 0 Å². The molecule has 0 saturated carbocycles. The van der Waals surface area contributed by atoms with Gasteiger partial charge in [0.2, 0.25) is 0 Å². The Morgan fingerprint density at radius 2 is 1.78 bits per heavy atom. The molecule has 36 heavy (non-hydrogen) atoms. The van der Waals surface area contributed by atoms with Crippen LogP contribution in [0.2, 0.25) is 0 Å². The average molecular weight is 508 g/mol. The number of carbonyl (C=O) groups excluding carboxylic acids is 1. The Kier molecular flexibility index (Phi) is 7.91. The van der Waals surface area contributed by atoms with Gasteiger partial charge in [-0.1, -0.05) is 44.2 Å². The Balaban J connectivity index is 1.33. The molecule has 1 aliphatic heterocycles. The molecular formula is C27H33N5O3S. The molecule has 0 atom stereocenters. The zero-order valence-corrected chi connectivity index (χ0v) is 21.7. The van der Waals surface area contributed by atoms with Gasteiger partial charge in [0.05, 0.1) is 12.2 Å². The third kappa shape index (κ3) is 6.41. The van der Waals surface area contributed by atoms with E-state index in [1.807, 2.05) is 60.4 Å². The number of nitrogens with one attached hydrogen (secondary N) is 3. The number of nitrogens with zero attached hydrogens (tertiary/aromatic N) is 2. The fraction of sp³-hybridized carbons (Fsp3) is 0.370. The molecule has 0 spiro atoms. The smallest absolute Gasteiger partial charge is 0.323 e. The quantitative estimate of drug-likeness (QED) is 0.326. The van der Waals surface area contributed by atoms with Gasteiger partial charge in [0.25, 0.3) is 0 Å². The topological polar surface area (TPSA) is 107 Å². The lowest BCUT2D eigenvalue weighted by molar-refractivity contribution is -0.138. The molecule has 1 saturated heterocycles. The van der Waals surface area contributed by atoms with Crippen molar-refractivity contribution in [3.8, 4) is 0 Å². The van der Waals surface area contributed by atoms with E-state index in [-0.39, 0.29) is 18.0 Å². The minimum Gasteiger partial charge on any atom is -0.480 e. The van der Waals surface area contributed by atoms with E-state index in [1.165, 1.54) is 0 Å². The highest BCUT2D eigenvalue weighted by Crippen LogP contribution is 2.34. The summed E-state index contributed by atoms with van der Waals surface area (Å²) >= 11 is 1.59. The molecule has 2 amide bonds. The van der Waals surface area contributed by atoms with Crippen LogP contribution in [0.3, 0.4) is 0 Å². The molecule has 9 heteroatoms. The van der Waals surface area contributed by atoms with Crippen molar-refractivity contribution in [3.05, 3.63) is 70.7 Å². The number of urea groups is 1. The number of amides is 2. The molecule has 3 aromatic rings. The molecule has 2 heterocycles. The van der Waals surface area contributed by atoms with E-state index in [1.54, 1.807) is 11.3 Å². The average Bonchev–Trinajstić information content (AvgIpc) is 3.31. The molecule has 0 radical (unpaired) electrons. The van der Waals surface area contributed by atoms with E-state index >= 15 is 0 Å². The molecule has 1 aliphatic rings. The second kappa shape index (κ2) is 11.1. The minimum atomic E-state index is -0.775. The predicted molar refractivity (Wildman–Crippen MR) is 145 cm³/mol. The SMILES string of the molecule is Cc1ccccc1NC(=O)Nc1ccc(C(C)(C)c2csc(NC3CCN(CC(=O)O)CC3)n2)cc1. The number of benzene rings is 2. The molecule has 0 unspecified atom stereocenters. The molecule has 4 rings (SSSR count). The first-order chi connectivity index (χ1) is 17.2. The van der Waals surface area contributed by atoms with E-state index in [2.05, 4.69) is 35.2 Å². The molecule has 1 aromatic heterocycles. The molecule has 0 bridgehead atoms. The first kappa shape index (κ1) is 25.7. The molecule has 2 aromatic carbocycles. The van der Waals surface area contributed by atoms with Gasteiger partial charge in [-0.2, -0.15) is 0 Å². The number of thiazole rings is 1. The first-order valence-corrected chi connectivity index (χ1v) is 13.0. The molecular weight excluding hydrogens is 474 g/mol. The maximum absolute atomic E-state index is 12.4. The van der Waals surface area contributed by atoms with Gasteiger partial charge in [-0.25, -0.2) is 9.78 Å². The summed E-state index contributed by atoms with van der Waals surface area (Å²) in [6.45, 7) is 7.89. The van der Waals surface area contributed by atoms with Crippen molar-refractivity contribution in [3.63, 3.8) is 0 Å². The Labute approximate surface area is 215 Å². The van der Waals surface area contributed by atoms with Crippen LogP contribution in [0.15, 0.2) is 53.9 Å². The first-order valence-electron chi connectivity index (χ1n) is 12.1. The maximum Gasteiger partial charge on any atom is 0.323 e. The van der Waals surface area contributed by atoms with Crippen LogP contribution in [0, 0.1) is 6.92 Å². The summed E-state index contributed by atoms with van der Waals surface area (Å²) in [4.78, 5) is 30.2. The summed E-state index contributed by atoms with van der Waals surface area (Å²) < 4.78 is 0. The van der Waals surface area contributed by atoms with Crippen molar-refractivity contribution in [2.75, 3.05) is 35.6 Å². The van der Waals surface area contributed by atoms with E-state index in [0.29, 0.717) is 6.04 Å². The number of aliphatic carboxylic acids is 1. The number of carboxylic acids is 1. The van der Waals surface area contributed by atoms with Gasteiger partial charge in [0, 0.05) is 41.3 Å². The second-order valence-electron chi connectivity index (χ2n) is 9.72.